The first-order chi connectivity index (χ1) is 14.8. The van der Waals surface area contributed by atoms with Crippen molar-refractivity contribution in [3.63, 3.8) is 0 Å². The summed E-state index contributed by atoms with van der Waals surface area (Å²) in [5, 5.41) is 3.48. The Labute approximate surface area is 196 Å². The van der Waals surface area contributed by atoms with Gasteiger partial charge in [-0.2, -0.15) is 4.31 Å². The Kier molecular flexibility index (Phi) is 7.89. The molecule has 3 aromatic carbocycles. The largest absolute Gasteiger partial charge is 0.348 e. The van der Waals surface area contributed by atoms with Gasteiger partial charge >= 0.3 is 0 Å². The molecule has 3 rings (SSSR count). The second kappa shape index (κ2) is 10.4. The van der Waals surface area contributed by atoms with Crippen molar-refractivity contribution >= 4 is 43.5 Å². The third-order valence-corrected chi connectivity index (χ3v) is 7.31. The number of sulfonamides is 1. The molecule has 0 unspecified atom stereocenters. The van der Waals surface area contributed by atoms with Crippen molar-refractivity contribution in [2.75, 3.05) is 6.54 Å². The van der Waals surface area contributed by atoms with Crippen molar-refractivity contribution in [2.24, 2.45) is 0 Å². The van der Waals surface area contributed by atoms with Gasteiger partial charge in [-0.05, 0) is 54.4 Å². The molecule has 0 aliphatic carbocycles. The molecule has 162 valence electrons. The Bertz CT molecular complexity index is 1120. The van der Waals surface area contributed by atoms with Crippen molar-refractivity contribution < 1.29 is 13.2 Å². The van der Waals surface area contributed by atoms with Crippen LogP contribution in [0.1, 0.15) is 24.1 Å². The molecule has 0 saturated carbocycles. The molecule has 0 heterocycles. The Morgan fingerprint density at radius 1 is 1.00 bits per heavy atom. The quantitative estimate of drug-likeness (QED) is 0.445. The molecule has 0 bridgehead atoms. The summed E-state index contributed by atoms with van der Waals surface area (Å²) >= 11 is 9.24. The van der Waals surface area contributed by atoms with E-state index in [9.17, 15) is 13.2 Å². The molecule has 0 aromatic heterocycles. The number of nitrogens with zero attached hydrogens (tertiary/aromatic N) is 1. The average Bonchev–Trinajstić information content (AvgIpc) is 2.74. The molecule has 0 fully saturated rings. The molecular weight excluding hydrogens is 500 g/mol. The van der Waals surface area contributed by atoms with Gasteiger partial charge in [0.1, 0.15) is 0 Å². The van der Waals surface area contributed by atoms with E-state index in [4.69, 9.17) is 11.6 Å². The molecule has 0 spiro atoms. The summed E-state index contributed by atoms with van der Waals surface area (Å²) in [7, 11) is -3.88. The monoisotopic (exact) mass is 520 g/mol. The van der Waals surface area contributed by atoms with E-state index in [1.54, 1.807) is 24.3 Å². The number of amides is 1. The number of hydrogen-bond donors (Lipinski definition) is 1. The summed E-state index contributed by atoms with van der Waals surface area (Å²) in [5.41, 5.74) is 1.67. The Balaban J connectivity index is 1.81. The molecule has 31 heavy (non-hydrogen) atoms. The van der Waals surface area contributed by atoms with Crippen LogP contribution < -0.4 is 5.32 Å². The summed E-state index contributed by atoms with van der Waals surface area (Å²) in [6.45, 7) is 1.62. The molecule has 0 aliphatic rings. The number of carbonyl (C=O) groups excluding carboxylic acids is 1. The van der Waals surface area contributed by atoms with E-state index in [1.165, 1.54) is 16.4 Å². The minimum absolute atomic E-state index is 0.0853. The number of rotatable bonds is 8. The number of hydrogen-bond acceptors (Lipinski definition) is 3. The van der Waals surface area contributed by atoms with Crippen LogP contribution in [0.5, 0.6) is 0 Å². The van der Waals surface area contributed by atoms with Gasteiger partial charge in [0.15, 0.2) is 0 Å². The van der Waals surface area contributed by atoms with Crippen LogP contribution in [0.25, 0.3) is 0 Å². The lowest BCUT2D eigenvalue weighted by Gasteiger charge is -2.23. The van der Waals surface area contributed by atoms with Crippen LogP contribution in [0.2, 0.25) is 5.02 Å². The van der Waals surface area contributed by atoms with Crippen LogP contribution in [0.3, 0.4) is 0 Å². The molecule has 1 amide bonds. The zero-order valence-electron chi connectivity index (χ0n) is 16.8. The van der Waals surface area contributed by atoms with E-state index < -0.39 is 10.0 Å². The highest BCUT2D eigenvalue weighted by molar-refractivity contribution is 9.10. The van der Waals surface area contributed by atoms with E-state index in [1.807, 2.05) is 49.4 Å². The van der Waals surface area contributed by atoms with E-state index in [0.29, 0.717) is 5.02 Å². The Morgan fingerprint density at radius 3 is 2.23 bits per heavy atom. The third-order valence-electron chi connectivity index (χ3n) is 4.72. The van der Waals surface area contributed by atoms with Crippen molar-refractivity contribution in [2.45, 2.75) is 24.4 Å². The second-order valence-electron chi connectivity index (χ2n) is 7.05. The van der Waals surface area contributed by atoms with Gasteiger partial charge in [0.05, 0.1) is 17.5 Å². The molecule has 0 aliphatic heterocycles. The average molecular weight is 522 g/mol. The van der Waals surface area contributed by atoms with Gasteiger partial charge in [-0.25, -0.2) is 8.42 Å². The standard InChI is InChI=1S/C23H22BrClN2O3S/c1-17(19-7-11-21(25)12-8-19)26-23(28)16-27(15-18-5-3-2-4-6-18)31(29,30)22-13-9-20(24)10-14-22/h2-14,17H,15-16H2,1H3,(H,26,28)/t17-/m1/s1. The van der Waals surface area contributed by atoms with E-state index >= 15 is 0 Å². The first-order valence-corrected chi connectivity index (χ1v) is 12.2. The highest BCUT2D eigenvalue weighted by Gasteiger charge is 2.27. The first kappa shape index (κ1) is 23.5. The van der Waals surface area contributed by atoms with Crippen LogP contribution in [0.15, 0.2) is 88.2 Å². The maximum absolute atomic E-state index is 13.3. The fourth-order valence-electron chi connectivity index (χ4n) is 3.05. The van der Waals surface area contributed by atoms with Gasteiger partial charge in [-0.3, -0.25) is 4.79 Å². The number of benzene rings is 3. The molecule has 0 radical (unpaired) electrons. The number of halogens is 2. The highest BCUT2D eigenvalue weighted by atomic mass is 79.9. The normalized spacial score (nSPS) is 12.5. The SMILES string of the molecule is C[C@@H](NC(=O)CN(Cc1ccccc1)S(=O)(=O)c1ccc(Br)cc1)c1ccc(Cl)cc1. The van der Waals surface area contributed by atoms with E-state index in [2.05, 4.69) is 21.2 Å². The lowest BCUT2D eigenvalue weighted by Crippen LogP contribution is -2.41. The summed E-state index contributed by atoms with van der Waals surface area (Å²) in [5.74, 6) is -0.390. The van der Waals surface area contributed by atoms with E-state index in [-0.39, 0.29) is 29.9 Å². The topological polar surface area (TPSA) is 66.5 Å². The van der Waals surface area contributed by atoms with Gasteiger partial charge in [0.25, 0.3) is 0 Å². The molecule has 8 heteroatoms. The second-order valence-corrected chi connectivity index (χ2v) is 10.3. The lowest BCUT2D eigenvalue weighted by atomic mass is 10.1. The van der Waals surface area contributed by atoms with Crippen LogP contribution in [0, 0.1) is 0 Å². The minimum Gasteiger partial charge on any atom is -0.348 e. The van der Waals surface area contributed by atoms with Crippen LogP contribution in [-0.2, 0) is 21.4 Å². The summed E-state index contributed by atoms with van der Waals surface area (Å²) in [4.78, 5) is 12.9. The lowest BCUT2D eigenvalue weighted by molar-refractivity contribution is -0.122. The minimum atomic E-state index is -3.88. The molecule has 0 saturated heterocycles. The smallest absolute Gasteiger partial charge is 0.243 e. The summed E-state index contributed by atoms with van der Waals surface area (Å²) < 4.78 is 28.5. The molecule has 5 nitrogen and oxygen atoms in total. The van der Waals surface area contributed by atoms with Gasteiger partial charge < -0.3 is 5.32 Å². The maximum Gasteiger partial charge on any atom is 0.243 e. The summed E-state index contributed by atoms with van der Waals surface area (Å²) in [6.07, 6.45) is 0. The predicted octanol–water partition coefficient (Wildman–Crippen LogP) is 5.17. The van der Waals surface area contributed by atoms with Gasteiger partial charge in [0, 0.05) is 16.0 Å². The van der Waals surface area contributed by atoms with Crippen molar-refractivity contribution in [3.05, 3.63) is 99.5 Å². The van der Waals surface area contributed by atoms with Crippen LogP contribution in [0.4, 0.5) is 0 Å². The van der Waals surface area contributed by atoms with Gasteiger partial charge in [-0.1, -0.05) is 70.0 Å². The predicted molar refractivity (Wildman–Crippen MR) is 126 cm³/mol. The fourth-order valence-corrected chi connectivity index (χ4v) is 4.83. The highest BCUT2D eigenvalue weighted by Crippen LogP contribution is 2.21. The zero-order chi connectivity index (χ0) is 22.4. The zero-order valence-corrected chi connectivity index (χ0v) is 20.0. The molecule has 1 N–H and O–H groups in total. The van der Waals surface area contributed by atoms with Crippen LogP contribution in [-0.4, -0.2) is 25.2 Å². The maximum atomic E-state index is 13.3. The Hall–Kier alpha value is -2.19. The summed E-state index contributed by atoms with van der Waals surface area (Å²) in [6, 6.07) is 22.4. The molecule has 1 atom stereocenters. The van der Waals surface area contributed by atoms with E-state index in [0.717, 1.165) is 15.6 Å². The van der Waals surface area contributed by atoms with Gasteiger partial charge in [-0.15, -0.1) is 0 Å². The third kappa shape index (κ3) is 6.40. The molecular formula is C23H22BrClN2O3S. The number of carbonyl (C=O) groups is 1. The number of nitrogens with one attached hydrogen (secondary N) is 1. The van der Waals surface area contributed by atoms with Crippen molar-refractivity contribution in [3.8, 4) is 0 Å². The van der Waals surface area contributed by atoms with Crippen molar-refractivity contribution in [1.82, 2.24) is 9.62 Å². The molecule has 3 aromatic rings. The van der Waals surface area contributed by atoms with Crippen LogP contribution >= 0.6 is 27.5 Å². The first-order valence-electron chi connectivity index (χ1n) is 9.60. The Morgan fingerprint density at radius 2 is 1.61 bits per heavy atom. The van der Waals surface area contributed by atoms with Gasteiger partial charge in [0.2, 0.25) is 15.9 Å². The van der Waals surface area contributed by atoms with Crippen molar-refractivity contribution in [1.29, 1.82) is 0 Å². The fraction of sp³-hybridized carbons (Fsp3) is 0.174.